The molecular weight excluding hydrogens is 376 g/mol. The number of para-hydroxylation sites is 1. The maximum absolute atomic E-state index is 13.2. The standard InChI is InChI=1S/C17H13ClN4O3S/c1-9-7-10(2)14(12(18)8-9)26(24,25)17-15-19-16(23)11-5-3-4-6-13(11)22(15)21-20-17/h3-8,21H,1-2H3. The molecule has 0 radical (unpaired) electrons. The number of hydrogen-bond donors (Lipinski definition) is 1. The highest BCUT2D eigenvalue weighted by molar-refractivity contribution is 7.91. The van der Waals surface area contributed by atoms with Crippen LogP contribution in [0.2, 0.25) is 5.02 Å². The Morgan fingerprint density at radius 2 is 1.88 bits per heavy atom. The van der Waals surface area contributed by atoms with Gasteiger partial charge in [-0.25, -0.2) is 18.1 Å². The number of sulfone groups is 1. The molecule has 2 aromatic carbocycles. The number of nitrogens with zero attached hydrogens (tertiary/aromatic N) is 3. The molecule has 9 heteroatoms. The third-order valence-corrected chi connectivity index (χ3v) is 6.41. The quantitative estimate of drug-likeness (QED) is 0.569. The number of nitrogens with one attached hydrogen (secondary N) is 1. The minimum atomic E-state index is -4.08. The summed E-state index contributed by atoms with van der Waals surface area (Å²) in [7, 11) is -4.08. The first-order chi connectivity index (χ1) is 12.3. The van der Waals surface area contributed by atoms with Crippen LogP contribution in [0.25, 0.3) is 16.6 Å². The zero-order chi connectivity index (χ0) is 18.6. The highest BCUT2D eigenvalue weighted by Gasteiger charge is 2.30. The summed E-state index contributed by atoms with van der Waals surface area (Å²) in [4.78, 5) is 16.2. The summed E-state index contributed by atoms with van der Waals surface area (Å²) in [5.41, 5.74) is 1.25. The fourth-order valence-corrected chi connectivity index (χ4v) is 5.24. The monoisotopic (exact) mass is 388 g/mol. The number of aromatic nitrogens is 4. The van der Waals surface area contributed by atoms with Crippen molar-refractivity contribution < 1.29 is 8.42 Å². The van der Waals surface area contributed by atoms with Crippen molar-refractivity contribution in [3.8, 4) is 0 Å². The van der Waals surface area contributed by atoms with Crippen molar-refractivity contribution >= 4 is 38.0 Å². The molecule has 0 aliphatic carbocycles. The molecule has 4 aromatic rings. The Hall–Kier alpha value is -2.71. The lowest BCUT2D eigenvalue weighted by atomic mass is 10.2. The minimum absolute atomic E-state index is 0.0406. The number of hydrogen-bond acceptors (Lipinski definition) is 5. The van der Waals surface area contributed by atoms with Gasteiger partial charge in [0.25, 0.3) is 5.56 Å². The number of rotatable bonds is 2. The molecule has 0 spiro atoms. The van der Waals surface area contributed by atoms with Gasteiger partial charge in [0.1, 0.15) is 0 Å². The lowest BCUT2D eigenvalue weighted by molar-refractivity contribution is 0.592. The van der Waals surface area contributed by atoms with Gasteiger partial charge in [-0.05, 0) is 43.2 Å². The van der Waals surface area contributed by atoms with Crippen LogP contribution >= 0.6 is 11.6 Å². The van der Waals surface area contributed by atoms with Crippen LogP contribution in [0.4, 0.5) is 0 Å². The van der Waals surface area contributed by atoms with E-state index in [2.05, 4.69) is 15.3 Å². The largest absolute Gasteiger partial charge is 0.281 e. The summed E-state index contributed by atoms with van der Waals surface area (Å²) in [6.07, 6.45) is 0. The molecule has 7 nitrogen and oxygen atoms in total. The van der Waals surface area contributed by atoms with E-state index in [1.807, 2.05) is 6.92 Å². The number of aromatic amines is 1. The lowest BCUT2D eigenvalue weighted by Gasteiger charge is -2.09. The van der Waals surface area contributed by atoms with Gasteiger partial charge in [-0.1, -0.05) is 29.8 Å². The van der Waals surface area contributed by atoms with E-state index in [0.717, 1.165) is 5.56 Å². The van der Waals surface area contributed by atoms with Gasteiger partial charge in [0, 0.05) is 0 Å². The zero-order valence-electron chi connectivity index (χ0n) is 13.8. The molecule has 0 aliphatic heterocycles. The first-order valence-corrected chi connectivity index (χ1v) is 9.54. The molecule has 1 N–H and O–H groups in total. The Bertz CT molecular complexity index is 1330. The zero-order valence-corrected chi connectivity index (χ0v) is 15.4. The molecule has 0 aliphatic rings. The van der Waals surface area contributed by atoms with Crippen molar-refractivity contribution in [2.24, 2.45) is 0 Å². The van der Waals surface area contributed by atoms with Crippen LogP contribution in [0, 0.1) is 13.8 Å². The van der Waals surface area contributed by atoms with Gasteiger partial charge < -0.3 is 0 Å². The van der Waals surface area contributed by atoms with Gasteiger partial charge in [-0.15, -0.1) is 5.10 Å². The number of aryl methyl sites for hydroxylation is 2. The maximum atomic E-state index is 13.2. The third-order valence-electron chi connectivity index (χ3n) is 4.13. The van der Waals surface area contributed by atoms with Gasteiger partial charge in [0.05, 0.1) is 20.8 Å². The van der Waals surface area contributed by atoms with Crippen LogP contribution in [0.15, 0.2) is 51.1 Å². The molecule has 0 fully saturated rings. The van der Waals surface area contributed by atoms with E-state index in [1.165, 1.54) is 4.52 Å². The third kappa shape index (κ3) is 2.33. The number of H-pyrrole nitrogens is 1. The summed E-state index contributed by atoms with van der Waals surface area (Å²) in [5, 5.41) is 6.68. The van der Waals surface area contributed by atoms with Crippen LogP contribution in [0.1, 0.15) is 11.1 Å². The second kappa shape index (κ2) is 5.65. The Balaban J connectivity index is 2.08. The highest BCUT2D eigenvalue weighted by atomic mass is 35.5. The second-order valence-electron chi connectivity index (χ2n) is 6.01. The van der Waals surface area contributed by atoms with Gasteiger partial charge in [0.15, 0.2) is 5.65 Å². The summed E-state index contributed by atoms with van der Waals surface area (Å²) >= 11 is 6.21. The van der Waals surface area contributed by atoms with Crippen LogP contribution in [-0.2, 0) is 9.84 Å². The average Bonchev–Trinajstić information content (AvgIpc) is 2.98. The summed E-state index contributed by atoms with van der Waals surface area (Å²) in [5.74, 6) is 0. The molecule has 0 saturated heterocycles. The predicted molar refractivity (Wildman–Crippen MR) is 97.5 cm³/mol. The lowest BCUT2D eigenvalue weighted by Crippen LogP contribution is -2.12. The van der Waals surface area contributed by atoms with Crippen molar-refractivity contribution in [2.45, 2.75) is 23.8 Å². The molecular formula is C17H13ClN4O3S. The molecule has 0 saturated carbocycles. The summed E-state index contributed by atoms with van der Waals surface area (Å²) < 4.78 is 27.7. The first-order valence-electron chi connectivity index (χ1n) is 7.68. The molecule has 132 valence electrons. The molecule has 0 atom stereocenters. The molecule has 26 heavy (non-hydrogen) atoms. The summed E-state index contributed by atoms with van der Waals surface area (Å²) in [6.45, 7) is 3.49. The SMILES string of the molecule is Cc1cc(C)c(S(=O)(=O)c2n[nH]n3c2nc(=O)c2ccccc23)c(Cl)c1. The van der Waals surface area contributed by atoms with Crippen molar-refractivity contribution in [3.05, 3.63) is 62.9 Å². The Morgan fingerprint density at radius 1 is 1.15 bits per heavy atom. The Morgan fingerprint density at radius 3 is 2.62 bits per heavy atom. The normalized spacial score (nSPS) is 12.1. The molecule has 0 bridgehead atoms. The van der Waals surface area contributed by atoms with Crippen molar-refractivity contribution in [1.82, 2.24) is 19.8 Å². The van der Waals surface area contributed by atoms with E-state index >= 15 is 0 Å². The average molecular weight is 389 g/mol. The van der Waals surface area contributed by atoms with Gasteiger partial charge in [-0.2, -0.15) is 4.98 Å². The van der Waals surface area contributed by atoms with Crippen LogP contribution in [0.5, 0.6) is 0 Å². The molecule has 0 amide bonds. The Labute approximate surface area is 153 Å². The van der Waals surface area contributed by atoms with E-state index in [-0.39, 0.29) is 20.6 Å². The molecule has 2 aromatic heterocycles. The molecule has 2 heterocycles. The minimum Gasteiger partial charge on any atom is -0.267 e. The highest BCUT2D eigenvalue weighted by Crippen LogP contribution is 2.32. The van der Waals surface area contributed by atoms with Crippen LogP contribution in [-0.4, -0.2) is 28.2 Å². The molecule has 0 unspecified atom stereocenters. The van der Waals surface area contributed by atoms with E-state index in [0.29, 0.717) is 16.5 Å². The van der Waals surface area contributed by atoms with Crippen molar-refractivity contribution in [3.63, 3.8) is 0 Å². The predicted octanol–water partition coefficient (Wildman–Crippen LogP) is 2.67. The second-order valence-corrected chi connectivity index (χ2v) is 8.22. The van der Waals surface area contributed by atoms with E-state index in [1.54, 1.807) is 43.3 Å². The number of fused-ring (bicyclic) bond motifs is 3. The Kier molecular flexibility index (Phi) is 3.64. The van der Waals surface area contributed by atoms with Gasteiger partial charge in [-0.3, -0.25) is 4.79 Å². The van der Waals surface area contributed by atoms with Crippen LogP contribution < -0.4 is 5.56 Å². The van der Waals surface area contributed by atoms with E-state index in [4.69, 9.17) is 11.6 Å². The number of halogens is 1. The van der Waals surface area contributed by atoms with Gasteiger partial charge >= 0.3 is 0 Å². The van der Waals surface area contributed by atoms with Crippen molar-refractivity contribution in [2.75, 3.05) is 0 Å². The van der Waals surface area contributed by atoms with Gasteiger partial charge in [0.2, 0.25) is 14.9 Å². The van der Waals surface area contributed by atoms with E-state index < -0.39 is 15.4 Å². The summed E-state index contributed by atoms with van der Waals surface area (Å²) in [6, 6.07) is 10.1. The maximum Gasteiger partial charge on any atom is 0.281 e. The first kappa shape index (κ1) is 16.7. The van der Waals surface area contributed by atoms with Crippen LogP contribution in [0.3, 0.4) is 0 Å². The topological polar surface area (TPSA) is 97.2 Å². The fraction of sp³-hybridized carbons (Fsp3) is 0.118. The fourth-order valence-electron chi connectivity index (χ4n) is 3.08. The smallest absolute Gasteiger partial charge is 0.267 e. The number of benzene rings is 2. The van der Waals surface area contributed by atoms with Crippen molar-refractivity contribution in [1.29, 1.82) is 0 Å². The molecule has 4 rings (SSSR count). The van der Waals surface area contributed by atoms with E-state index in [9.17, 15) is 13.2 Å².